The maximum atomic E-state index is 5.26. The number of hydrogen-bond donors (Lipinski definition) is 0. The Kier molecular flexibility index (Phi) is 7.67. The summed E-state index contributed by atoms with van der Waals surface area (Å²) >= 11 is 3.52. The van der Waals surface area contributed by atoms with Gasteiger partial charge in [0, 0.05) is 19.0 Å². The number of halogens is 1. The molecular formula is C13H26BrNO. The van der Waals surface area contributed by atoms with Gasteiger partial charge in [0.05, 0.1) is 6.61 Å². The van der Waals surface area contributed by atoms with E-state index in [1.54, 1.807) is 0 Å². The van der Waals surface area contributed by atoms with E-state index in [1.165, 1.54) is 45.3 Å². The summed E-state index contributed by atoms with van der Waals surface area (Å²) < 4.78 is 5.26. The molecule has 0 spiro atoms. The molecule has 0 aromatic carbocycles. The minimum absolute atomic E-state index is 0.769. The fraction of sp³-hybridized carbons (Fsp3) is 1.00. The van der Waals surface area contributed by atoms with Crippen LogP contribution in [0.3, 0.4) is 0 Å². The molecular weight excluding hydrogens is 266 g/mol. The highest BCUT2D eigenvalue weighted by Gasteiger charge is 2.19. The third kappa shape index (κ3) is 5.65. The van der Waals surface area contributed by atoms with E-state index in [0.29, 0.717) is 0 Å². The van der Waals surface area contributed by atoms with Gasteiger partial charge in [0.1, 0.15) is 0 Å². The van der Waals surface area contributed by atoms with E-state index in [4.69, 9.17) is 4.74 Å². The van der Waals surface area contributed by atoms with Crippen LogP contribution in [0.25, 0.3) is 0 Å². The van der Waals surface area contributed by atoms with Crippen molar-refractivity contribution in [3.63, 3.8) is 0 Å². The Morgan fingerprint density at radius 3 is 2.94 bits per heavy atom. The molecule has 2 unspecified atom stereocenters. The van der Waals surface area contributed by atoms with Crippen LogP contribution >= 0.6 is 15.9 Å². The molecule has 16 heavy (non-hydrogen) atoms. The second-order valence-corrected chi connectivity index (χ2v) is 5.93. The lowest BCUT2D eigenvalue weighted by atomic mass is 9.97. The number of rotatable bonds is 7. The van der Waals surface area contributed by atoms with E-state index in [-0.39, 0.29) is 0 Å². The summed E-state index contributed by atoms with van der Waals surface area (Å²) in [6, 6.07) is 0. The lowest BCUT2D eigenvalue weighted by molar-refractivity contribution is 0.0881. The van der Waals surface area contributed by atoms with Crippen LogP contribution < -0.4 is 0 Å². The van der Waals surface area contributed by atoms with Crippen molar-refractivity contribution >= 4 is 15.9 Å². The van der Waals surface area contributed by atoms with Crippen LogP contribution in [0.5, 0.6) is 0 Å². The summed E-state index contributed by atoms with van der Waals surface area (Å²) in [4.78, 5) is 2.62. The molecule has 1 rings (SSSR count). The third-order valence-electron chi connectivity index (χ3n) is 3.55. The SMILES string of the molecule is COCC1CCCN(CCC(C)CCBr)C1. The molecule has 0 saturated carbocycles. The Morgan fingerprint density at radius 2 is 2.25 bits per heavy atom. The van der Waals surface area contributed by atoms with Gasteiger partial charge in [0.15, 0.2) is 0 Å². The number of ether oxygens (including phenoxy) is 1. The van der Waals surface area contributed by atoms with Gasteiger partial charge in [-0.3, -0.25) is 0 Å². The van der Waals surface area contributed by atoms with Crippen molar-refractivity contribution < 1.29 is 4.74 Å². The number of methoxy groups -OCH3 is 1. The highest BCUT2D eigenvalue weighted by Crippen LogP contribution is 2.18. The van der Waals surface area contributed by atoms with Gasteiger partial charge in [0.2, 0.25) is 0 Å². The normalized spacial score (nSPS) is 24.6. The van der Waals surface area contributed by atoms with E-state index < -0.39 is 0 Å². The van der Waals surface area contributed by atoms with Crippen LogP contribution in [0.2, 0.25) is 0 Å². The molecule has 0 aliphatic carbocycles. The highest BCUT2D eigenvalue weighted by atomic mass is 79.9. The lowest BCUT2D eigenvalue weighted by Gasteiger charge is -2.32. The minimum atomic E-state index is 0.769. The number of alkyl halides is 1. The van der Waals surface area contributed by atoms with Crippen LogP contribution in [0.1, 0.15) is 32.6 Å². The van der Waals surface area contributed by atoms with Crippen LogP contribution in [-0.4, -0.2) is 43.6 Å². The van der Waals surface area contributed by atoms with Crippen LogP contribution in [0.15, 0.2) is 0 Å². The van der Waals surface area contributed by atoms with Crippen molar-refractivity contribution in [2.24, 2.45) is 11.8 Å². The third-order valence-corrected chi connectivity index (χ3v) is 4.00. The van der Waals surface area contributed by atoms with E-state index >= 15 is 0 Å². The zero-order valence-electron chi connectivity index (χ0n) is 10.8. The summed E-state index contributed by atoms with van der Waals surface area (Å²) in [7, 11) is 1.82. The Hall–Kier alpha value is 0.400. The minimum Gasteiger partial charge on any atom is -0.384 e. The summed E-state index contributed by atoms with van der Waals surface area (Å²) in [5.41, 5.74) is 0. The van der Waals surface area contributed by atoms with Crippen molar-refractivity contribution in [1.29, 1.82) is 0 Å². The van der Waals surface area contributed by atoms with Gasteiger partial charge in [-0.1, -0.05) is 22.9 Å². The fourth-order valence-electron chi connectivity index (χ4n) is 2.46. The molecule has 0 aromatic heterocycles. The molecule has 0 bridgehead atoms. The molecule has 2 nitrogen and oxygen atoms in total. The van der Waals surface area contributed by atoms with Gasteiger partial charge in [-0.25, -0.2) is 0 Å². The average molecular weight is 292 g/mol. The summed E-state index contributed by atoms with van der Waals surface area (Å²) in [5, 5.41) is 1.14. The molecule has 1 heterocycles. The smallest absolute Gasteiger partial charge is 0.0502 e. The van der Waals surface area contributed by atoms with Crippen LogP contribution in [-0.2, 0) is 4.74 Å². The number of likely N-dealkylation sites (tertiary alicyclic amines) is 1. The average Bonchev–Trinajstić information content (AvgIpc) is 2.28. The zero-order valence-corrected chi connectivity index (χ0v) is 12.3. The summed E-state index contributed by atoms with van der Waals surface area (Å²) in [5.74, 6) is 1.62. The molecule has 0 radical (unpaired) electrons. The molecule has 1 aliphatic rings. The maximum Gasteiger partial charge on any atom is 0.0502 e. The first-order valence-corrected chi connectivity index (χ1v) is 7.65. The van der Waals surface area contributed by atoms with Gasteiger partial charge in [-0.2, -0.15) is 0 Å². The first kappa shape index (κ1) is 14.5. The van der Waals surface area contributed by atoms with Crippen molar-refractivity contribution in [3.05, 3.63) is 0 Å². The zero-order chi connectivity index (χ0) is 11.8. The first-order valence-electron chi connectivity index (χ1n) is 6.53. The predicted octanol–water partition coefficient (Wildman–Crippen LogP) is 3.16. The molecule has 1 fully saturated rings. The van der Waals surface area contributed by atoms with Gasteiger partial charge in [-0.05, 0) is 50.6 Å². The van der Waals surface area contributed by atoms with Gasteiger partial charge < -0.3 is 9.64 Å². The maximum absolute atomic E-state index is 5.26. The lowest BCUT2D eigenvalue weighted by Crippen LogP contribution is -2.38. The molecule has 1 saturated heterocycles. The number of nitrogens with zero attached hydrogens (tertiary/aromatic N) is 1. The fourth-order valence-corrected chi connectivity index (χ4v) is 3.24. The van der Waals surface area contributed by atoms with Gasteiger partial charge >= 0.3 is 0 Å². The van der Waals surface area contributed by atoms with Crippen molar-refractivity contribution in [2.75, 3.05) is 38.7 Å². The number of piperidine rings is 1. The second kappa shape index (κ2) is 8.48. The largest absolute Gasteiger partial charge is 0.384 e. The molecule has 1 aliphatic heterocycles. The summed E-state index contributed by atoms with van der Waals surface area (Å²) in [6.07, 6.45) is 5.34. The van der Waals surface area contributed by atoms with E-state index in [2.05, 4.69) is 27.8 Å². The van der Waals surface area contributed by atoms with Crippen molar-refractivity contribution in [3.8, 4) is 0 Å². The van der Waals surface area contributed by atoms with Crippen molar-refractivity contribution in [2.45, 2.75) is 32.6 Å². The molecule has 0 N–H and O–H groups in total. The molecule has 2 atom stereocenters. The molecule has 96 valence electrons. The summed E-state index contributed by atoms with van der Waals surface area (Å²) in [6.45, 7) is 7.11. The number of hydrogen-bond acceptors (Lipinski definition) is 2. The molecule has 0 aromatic rings. The Balaban J connectivity index is 2.16. The monoisotopic (exact) mass is 291 g/mol. The quantitative estimate of drug-likeness (QED) is 0.668. The molecule has 3 heteroatoms. The van der Waals surface area contributed by atoms with E-state index in [9.17, 15) is 0 Å². The van der Waals surface area contributed by atoms with Crippen LogP contribution in [0, 0.1) is 11.8 Å². The Labute approximate surface area is 109 Å². The molecule has 0 amide bonds. The van der Waals surface area contributed by atoms with E-state index in [1.807, 2.05) is 7.11 Å². The van der Waals surface area contributed by atoms with Crippen molar-refractivity contribution in [1.82, 2.24) is 4.90 Å². The topological polar surface area (TPSA) is 12.5 Å². The standard InChI is InChI=1S/C13H26BrNO/c1-12(5-7-14)6-9-15-8-3-4-13(10-15)11-16-2/h12-13H,3-11H2,1-2H3. The van der Waals surface area contributed by atoms with E-state index in [0.717, 1.165) is 23.8 Å². The van der Waals surface area contributed by atoms with Crippen LogP contribution in [0.4, 0.5) is 0 Å². The van der Waals surface area contributed by atoms with Gasteiger partial charge in [0.25, 0.3) is 0 Å². The first-order chi connectivity index (χ1) is 7.76. The second-order valence-electron chi connectivity index (χ2n) is 5.14. The Bertz CT molecular complexity index is 175. The Morgan fingerprint density at radius 1 is 1.44 bits per heavy atom. The van der Waals surface area contributed by atoms with Gasteiger partial charge in [-0.15, -0.1) is 0 Å². The predicted molar refractivity (Wildman–Crippen MR) is 73.2 cm³/mol. The highest BCUT2D eigenvalue weighted by molar-refractivity contribution is 9.09.